The van der Waals surface area contributed by atoms with Crippen LogP contribution in [0.4, 0.5) is 0 Å². The predicted octanol–water partition coefficient (Wildman–Crippen LogP) is 7.37. The zero-order chi connectivity index (χ0) is 29.8. The molecule has 1 aromatic carbocycles. The van der Waals surface area contributed by atoms with Crippen LogP contribution >= 0.6 is 0 Å². The number of allylic oxidation sites excluding steroid dienone is 7. The van der Waals surface area contributed by atoms with E-state index >= 15 is 0 Å². The Balaban J connectivity index is 1.45. The number of ether oxygens (including phenoxy) is 2. The highest BCUT2D eigenvalue weighted by Crippen LogP contribution is 2.49. The van der Waals surface area contributed by atoms with Crippen molar-refractivity contribution in [2.75, 3.05) is 24.4 Å². The van der Waals surface area contributed by atoms with E-state index in [-0.39, 0.29) is 22.5 Å². The van der Waals surface area contributed by atoms with E-state index in [4.69, 9.17) is 9.47 Å². The highest BCUT2D eigenvalue weighted by molar-refractivity contribution is 7.90. The van der Waals surface area contributed by atoms with Gasteiger partial charge in [0.15, 0.2) is 11.1 Å². The highest BCUT2D eigenvalue weighted by atomic mass is 32.2. The van der Waals surface area contributed by atoms with E-state index in [9.17, 15) is 17.2 Å². The molecule has 0 amide bonds. The third-order valence-electron chi connectivity index (χ3n) is 8.90. The Hall–Kier alpha value is -2.16. The predicted molar refractivity (Wildman–Crippen MR) is 167 cm³/mol. The van der Waals surface area contributed by atoms with Gasteiger partial charge in [0.1, 0.15) is 22.2 Å². The molecular formula is C33H46O6S2. The molecule has 3 aliphatic rings. The summed E-state index contributed by atoms with van der Waals surface area (Å²) in [5.74, 6) is 2.47. The second-order valence-corrected chi connectivity index (χ2v) is 16.1. The molecule has 3 aliphatic carbocycles. The van der Waals surface area contributed by atoms with Crippen LogP contribution in [0.5, 0.6) is 0 Å². The molecule has 1 saturated carbocycles. The number of hydrogen-bond donors (Lipinski definition) is 1. The lowest BCUT2D eigenvalue weighted by atomic mass is 9.67. The lowest BCUT2D eigenvalue weighted by Crippen LogP contribution is -2.33. The minimum atomic E-state index is -2.98. The molecule has 0 spiro atoms. The highest BCUT2D eigenvalue weighted by Gasteiger charge is 2.40. The number of hydrogen-bond acceptors (Lipinski definition) is 5. The Bertz CT molecular complexity index is 1380. The zero-order valence-corrected chi connectivity index (χ0v) is 26.8. The van der Waals surface area contributed by atoms with Gasteiger partial charge in [-0.15, -0.1) is 0 Å². The molecule has 3 unspecified atom stereocenters. The standard InChI is InChI=1S/C33H46O6S2/c1-24-18-30(38-16-9-17-41(5,36)37)21-32(2,3)31(24)26-11-8-10-25(19-26)22-39-29-14-15-33(4)27(20-29)12-6-7-13-28(33)23-40(34)35/h8,10-11,14,18-20,28H,6-7,9,12-13,15-17,21-23H2,1-5H3,(H,34,35). The monoisotopic (exact) mass is 602 g/mol. The van der Waals surface area contributed by atoms with Crippen molar-refractivity contribution in [3.8, 4) is 0 Å². The first-order chi connectivity index (χ1) is 19.3. The molecule has 4 rings (SSSR count). The molecule has 0 saturated heterocycles. The van der Waals surface area contributed by atoms with E-state index in [1.807, 2.05) is 0 Å². The molecule has 41 heavy (non-hydrogen) atoms. The second-order valence-electron chi connectivity index (χ2n) is 12.9. The van der Waals surface area contributed by atoms with Crippen molar-refractivity contribution in [3.63, 3.8) is 0 Å². The van der Waals surface area contributed by atoms with Gasteiger partial charge < -0.3 is 14.0 Å². The third-order valence-corrected chi connectivity index (χ3v) is 10.6. The lowest BCUT2D eigenvalue weighted by Gasteiger charge is -2.39. The van der Waals surface area contributed by atoms with E-state index < -0.39 is 20.9 Å². The Kier molecular flexibility index (Phi) is 10.1. The van der Waals surface area contributed by atoms with Crippen molar-refractivity contribution in [2.45, 2.75) is 79.2 Å². The van der Waals surface area contributed by atoms with Gasteiger partial charge in [-0.3, -0.25) is 0 Å². The first kappa shape index (κ1) is 31.8. The van der Waals surface area contributed by atoms with Gasteiger partial charge in [-0.05, 0) is 102 Å². The van der Waals surface area contributed by atoms with Crippen LogP contribution in [0.25, 0.3) is 5.57 Å². The maximum absolute atomic E-state index is 11.6. The molecule has 6 nitrogen and oxygen atoms in total. The number of fused-ring (bicyclic) bond motifs is 1. The second kappa shape index (κ2) is 13.0. The van der Waals surface area contributed by atoms with Gasteiger partial charge >= 0.3 is 0 Å². The molecule has 0 aliphatic heterocycles. The van der Waals surface area contributed by atoms with Crippen LogP contribution in [0.2, 0.25) is 0 Å². The smallest absolute Gasteiger partial charge is 0.153 e. The number of sulfone groups is 1. The first-order valence-corrected chi connectivity index (χ1v) is 18.0. The van der Waals surface area contributed by atoms with Gasteiger partial charge in [0.05, 0.1) is 23.9 Å². The molecule has 0 radical (unpaired) electrons. The summed E-state index contributed by atoms with van der Waals surface area (Å²) in [6.45, 7) is 9.69. The van der Waals surface area contributed by atoms with E-state index in [0.717, 1.165) is 61.2 Å². The fraction of sp³-hybridized carbons (Fsp3) is 0.576. The Morgan fingerprint density at radius 1 is 1.12 bits per heavy atom. The minimum Gasteiger partial charge on any atom is -0.498 e. The molecule has 226 valence electrons. The maximum atomic E-state index is 11.6. The summed E-state index contributed by atoms with van der Waals surface area (Å²) in [5, 5.41) is 0. The van der Waals surface area contributed by atoms with Crippen LogP contribution in [0, 0.1) is 16.7 Å². The fourth-order valence-corrected chi connectivity index (χ4v) is 8.35. The van der Waals surface area contributed by atoms with Gasteiger partial charge in [-0.25, -0.2) is 12.6 Å². The topological polar surface area (TPSA) is 89.9 Å². The first-order valence-electron chi connectivity index (χ1n) is 14.7. The van der Waals surface area contributed by atoms with E-state index in [1.165, 1.54) is 23.0 Å². The summed E-state index contributed by atoms with van der Waals surface area (Å²) in [6.07, 6.45) is 14.0. The third kappa shape index (κ3) is 8.23. The summed E-state index contributed by atoms with van der Waals surface area (Å²) >= 11 is -1.78. The zero-order valence-electron chi connectivity index (χ0n) is 25.2. The average Bonchev–Trinajstić information content (AvgIpc) is 3.02. The maximum Gasteiger partial charge on any atom is 0.153 e. The Labute approximate surface area is 249 Å². The molecule has 1 N–H and O–H groups in total. The molecular weight excluding hydrogens is 556 g/mol. The van der Waals surface area contributed by atoms with E-state index in [2.05, 4.69) is 70.2 Å². The van der Waals surface area contributed by atoms with Gasteiger partial charge in [0.25, 0.3) is 0 Å². The van der Waals surface area contributed by atoms with Crippen molar-refractivity contribution < 1.29 is 26.7 Å². The van der Waals surface area contributed by atoms with Gasteiger partial charge in [-0.2, -0.15) is 0 Å². The van der Waals surface area contributed by atoms with Crippen molar-refractivity contribution in [3.05, 3.63) is 76.3 Å². The summed E-state index contributed by atoms with van der Waals surface area (Å²) in [7, 11) is -2.98. The van der Waals surface area contributed by atoms with Crippen molar-refractivity contribution in [1.82, 2.24) is 0 Å². The van der Waals surface area contributed by atoms with E-state index in [1.54, 1.807) is 0 Å². The Morgan fingerprint density at radius 3 is 2.61 bits per heavy atom. The van der Waals surface area contributed by atoms with Gasteiger partial charge in [0, 0.05) is 12.7 Å². The van der Waals surface area contributed by atoms with Crippen LogP contribution in [-0.2, 0) is 37.0 Å². The molecule has 8 heteroatoms. The van der Waals surface area contributed by atoms with Crippen molar-refractivity contribution >= 4 is 26.5 Å². The SMILES string of the molecule is CC1=C(c2cccc(COC3=CCC4(C)C(=C3)CCCCC4CS(=O)O)c2)C(C)(C)CC(OCCCS(C)(=O)=O)=C1. The summed E-state index contributed by atoms with van der Waals surface area (Å²) in [5.41, 5.74) is 5.84. The van der Waals surface area contributed by atoms with Crippen LogP contribution in [-0.4, -0.2) is 41.5 Å². The van der Waals surface area contributed by atoms with Gasteiger partial charge in [-0.1, -0.05) is 51.0 Å². The normalized spacial score (nSPS) is 25.3. The van der Waals surface area contributed by atoms with Crippen LogP contribution in [0.3, 0.4) is 0 Å². The average molecular weight is 603 g/mol. The minimum absolute atomic E-state index is 0.0813. The van der Waals surface area contributed by atoms with Gasteiger partial charge in [0.2, 0.25) is 0 Å². The molecule has 1 fully saturated rings. The molecule has 0 aromatic heterocycles. The molecule has 0 heterocycles. The molecule has 0 bridgehead atoms. The molecule has 3 atom stereocenters. The molecule has 1 aromatic rings. The van der Waals surface area contributed by atoms with Crippen molar-refractivity contribution in [2.24, 2.45) is 16.7 Å². The van der Waals surface area contributed by atoms with Crippen molar-refractivity contribution in [1.29, 1.82) is 0 Å². The van der Waals surface area contributed by atoms with Crippen LogP contribution < -0.4 is 0 Å². The van der Waals surface area contributed by atoms with Crippen LogP contribution in [0.1, 0.15) is 83.8 Å². The lowest BCUT2D eigenvalue weighted by molar-refractivity contribution is 0.185. The fourth-order valence-electron chi connectivity index (χ4n) is 6.83. The van der Waals surface area contributed by atoms with Crippen LogP contribution in [0.15, 0.2) is 65.2 Å². The number of rotatable bonds is 11. The summed E-state index contributed by atoms with van der Waals surface area (Å²) in [6, 6.07) is 8.55. The quantitative estimate of drug-likeness (QED) is 0.210. The summed E-state index contributed by atoms with van der Waals surface area (Å²) in [4.78, 5) is 0. The number of benzene rings is 1. The Morgan fingerprint density at radius 2 is 1.90 bits per heavy atom. The largest absolute Gasteiger partial charge is 0.498 e. The summed E-state index contributed by atoms with van der Waals surface area (Å²) < 4.78 is 56.4. The van der Waals surface area contributed by atoms with E-state index in [0.29, 0.717) is 25.4 Å².